The topological polar surface area (TPSA) is 92.3 Å². The van der Waals surface area contributed by atoms with Gasteiger partial charge in [-0.2, -0.15) is 5.21 Å². The molecule has 0 aliphatic rings. The molecule has 3 aromatic rings. The van der Waals surface area contributed by atoms with E-state index in [-0.39, 0.29) is 6.04 Å². The Bertz CT molecular complexity index is 724. The van der Waals surface area contributed by atoms with Gasteiger partial charge in [-0.1, -0.05) is 12.1 Å². The van der Waals surface area contributed by atoms with Gasteiger partial charge >= 0.3 is 0 Å². The number of nitrogens with zero attached hydrogens (tertiary/aromatic N) is 5. The highest BCUT2D eigenvalue weighted by molar-refractivity contribution is 5.62. The van der Waals surface area contributed by atoms with Gasteiger partial charge in [0.2, 0.25) is 5.82 Å². The summed E-state index contributed by atoms with van der Waals surface area (Å²) in [5, 5.41) is 17.4. The number of H-pyrrole nitrogens is 1. The number of tetrazole rings is 1. The van der Waals surface area contributed by atoms with Crippen LogP contribution >= 0.6 is 0 Å². The Morgan fingerprint density at radius 1 is 1.19 bits per heavy atom. The third-order valence-corrected chi connectivity index (χ3v) is 3.18. The van der Waals surface area contributed by atoms with E-state index < -0.39 is 0 Å². The molecule has 0 saturated carbocycles. The fourth-order valence-electron chi connectivity index (χ4n) is 2.19. The van der Waals surface area contributed by atoms with Gasteiger partial charge in [-0.25, -0.2) is 0 Å². The number of hydrogen-bond acceptors (Lipinski definition) is 6. The molecule has 3 rings (SSSR count). The Hall–Kier alpha value is -2.83. The van der Waals surface area contributed by atoms with E-state index in [1.807, 2.05) is 31.2 Å². The molecule has 7 nitrogen and oxygen atoms in total. The van der Waals surface area contributed by atoms with E-state index in [4.69, 9.17) is 0 Å². The molecule has 1 aromatic carbocycles. The number of nitrogens with one attached hydrogen (secondary N) is 2. The third kappa shape index (κ3) is 2.86. The lowest BCUT2D eigenvalue weighted by Gasteiger charge is -2.16. The van der Waals surface area contributed by atoms with E-state index in [0.717, 1.165) is 22.6 Å². The van der Waals surface area contributed by atoms with E-state index in [0.29, 0.717) is 5.82 Å². The molecule has 1 unspecified atom stereocenters. The lowest BCUT2D eigenvalue weighted by molar-refractivity contribution is 0.810. The van der Waals surface area contributed by atoms with Crippen LogP contribution in [0.5, 0.6) is 0 Å². The van der Waals surface area contributed by atoms with Crippen molar-refractivity contribution in [3.05, 3.63) is 48.0 Å². The quantitative estimate of drug-likeness (QED) is 0.761. The van der Waals surface area contributed by atoms with Gasteiger partial charge in [-0.05, 0) is 31.2 Å². The monoisotopic (exact) mass is 281 g/mol. The Morgan fingerprint density at radius 2 is 2.05 bits per heavy atom. The average molecular weight is 281 g/mol. The van der Waals surface area contributed by atoms with Crippen LogP contribution in [0.3, 0.4) is 0 Å². The van der Waals surface area contributed by atoms with Crippen LogP contribution in [-0.4, -0.2) is 30.6 Å². The van der Waals surface area contributed by atoms with E-state index in [1.165, 1.54) is 0 Å². The first-order valence-electron chi connectivity index (χ1n) is 6.62. The normalized spacial score (nSPS) is 12.1. The summed E-state index contributed by atoms with van der Waals surface area (Å²) in [6.45, 7) is 4.01. The highest BCUT2D eigenvalue weighted by Gasteiger charge is 2.11. The van der Waals surface area contributed by atoms with E-state index in [2.05, 4.69) is 42.8 Å². The summed E-state index contributed by atoms with van der Waals surface area (Å²) in [6, 6.07) is 7.91. The molecule has 2 N–H and O–H groups in total. The van der Waals surface area contributed by atoms with Crippen molar-refractivity contribution in [3.8, 4) is 11.4 Å². The highest BCUT2D eigenvalue weighted by atomic mass is 15.5. The fraction of sp³-hybridized carbons (Fsp3) is 0.214. The summed E-state index contributed by atoms with van der Waals surface area (Å²) in [5.41, 5.74) is 3.72. The van der Waals surface area contributed by atoms with Crippen molar-refractivity contribution in [2.45, 2.75) is 19.9 Å². The number of rotatable bonds is 4. The van der Waals surface area contributed by atoms with Gasteiger partial charge in [0.05, 0.1) is 17.4 Å². The second kappa shape index (κ2) is 5.66. The minimum Gasteiger partial charge on any atom is -0.377 e. The minimum atomic E-state index is 0.0548. The minimum absolute atomic E-state index is 0.0548. The molecule has 2 aromatic heterocycles. The number of benzene rings is 1. The molecular formula is C14H15N7. The van der Waals surface area contributed by atoms with Crippen molar-refractivity contribution in [1.29, 1.82) is 0 Å². The van der Waals surface area contributed by atoms with E-state index in [9.17, 15) is 0 Å². The molecule has 0 saturated heterocycles. The molecule has 1 atom stereocenters. The summed E-state index contributed by atoms with van der Waals surface area (Å²) in [4.78, 5) is 8.65. The Balaban J connectivity index is 1.82. The number of anilines is 1. The zero-order chi connectivity index (χ0) is 14.7. The molecule has 21 heavy (non-hydrogen) atoms. The van der Waals surface area contributed by atoms with Gasteiger partial charge < -0.3 is 5.32 Å². The van der Waals surface area contributed by atoms with Crippen molar-refractivity contribution in [1.82, 2.24) is 30.6 Å². The van der Waals surface area contributed by atoms with Gasteiger partial charge in [0.1, 0.15) is 0 Å². The van der Waals surface area contributed by atoms with Crippen molar-refractivity contribution < 1.29 is 0 Å². The Morgan fingerprint density at radius 3 is 2.81 bits per heavy atom. The van der Waals surface area contributed by atoms with Crippen molar-refractivity contribution in [2.24, 2.45) is 0 Å². The summed E-state index contributed by atoms with van der Waals surface area (Å²) in [5.74, 6) is 0.571. The molecule has 0 radical (unpaired) electrons. The Kier molecular flexibility index (Phi) is 3.55. The highest BCUT2D eigenvalue weighted by Crippen LogP contribution is 2.23. The van der Waals surface area contributed by atoms with E-state index >= 15 is 0 Å². The smallest absolute Gasteiger partial charge is 0.204 e. The summed E-state index contributed by atoms with van der Waals surface area (Å²) < 4.78 is 0. The Labute approximate surface area is 121 Å². The molecule has 2 heterocycles. The predicted molar refractivity (Wildman–Crippen MR) is 78.4 cm³/mol. The molecule has 0 fully saturated rings. The van der Waals surface area contributed by atoms with E-state index in [1.54, 1.807) is 12.4 Å². The number of hydrogen-bond donors (Lipinski definition) is 2. The molecule has 0 bridgehead atoms. The van der Waals surface area contributed by atoms with Gasteiger partial charge in [-0.3, -0.25) is 9.97 Å². The van der Waals surface area contributed by atoms with Crippen molar-refractivity contribution in [2.75, 3.05) is 5.32 Å². The lowest BCUT2D eigenvalue weighted by Crippen LogP contribution is -2.11. The molecule has 0 amide bonds. The number of aromatic nitrogens is 6. The molecule has 7 heteroatoms. The first kappa shape index (κ1) is 13.2. The summed E-state index contributed by atoms with van der Waals surface area (Å²) in [6.07, 6.45) is 3.40. The molecule has 0 aliphatic heterocycles. The average Bonchev–Trinajstić information content (AvgIpc) is 3.02. The maximum Gasteiger partial charge on any atom is 0.204 e. The molecule has 0 aliphatic carbocycles. The fourth-order valence-corrected chi connectivity index (χ4v) is 2.19. The van der Waals surface area contributed by atoms with Crippen LogP contribution in [-0.2, 0) is 0 Å². The maximum absolute atomic E-state index is 4.38. The zero-order valence-electron chi connectivity index (χ0n) is 11.8. The van der Waals surface area contributed by atoms with Crippen molar-refractivity contribution >= 4 is 5.69 Å². The second-order valence-electron chi connectivity index (χ2n) is 4.71. The second-order valence-corrected chi connectivity index (χ2v) is 4.71. The standard InChI is InChI=1S/C14H15N7/c1-9-13(16-7-6-15-9)10(2)17-12-5-3-4-11(8-12)14-18-20-21-19-14/h3-8,10,17H,1-2H3,(H,18,19,20,21). The lowest BCUT2D eigenvalue weighted by atomic mass is 10.1. The number of aromatic amines is 1. The maximum atomic E-state index is 4.38. The summed E-state index contributed by atoms with van der Waals surface area (Å²) >= 11 is 0. The van der Waals surface area contributed by atoms with Crippen LogP contribution in [0.15, 0.2) is 36.7 Å². The summed E-state index contributed by atoms with van der Waals surface area (Å²) in [7, 11) is 0. The largest absolute Gasteiger partial charge is 0.377 e. The first-order chi connectivity index (χ1) is 10.2. The first-order valence-corrected chi connectivity index (χ1v) is 6.62. The van der Waals surface area contributed by atoms with Crippen molar-refractivity contribution in [3.63, 3.8) is 0 Å². The van der Waals surface area contributed by atoms with Crippen LogP contribution in [0.2, 0.25) is 0 Å². The van der Waals surface area contributed by atoms with Crippen LogP contribution < -0.4 is 5.32 Å². The van der Waals surface area contributed by atoms with Crippen LogP contribution in [0.4, 0.5) is 5.69 Å². The molecular weight excluding hydrogens is 266 g/mol. The third-order valence-electron chi connectivity index (χ3n) is 3.18. The molecule has 0 spiro atoms. The van der Waals surface area contributed by atoms with Crippen LogP contribution in [0, 0.1) is 6.92 Å². The van der Waals surface area contributed by atoms with Gasteiger partial charge in [0.15, 0.2) is 0 Å². The predicted octanol–water partition coefficient (Wildman–Crippen LogP) is 2.14. The SMILES string of the molecule is Cc1nccnc1C(C)Nc1cccc(-c2nn[nH]n2)c1. The van der Waals surface area contributed by atoms with Crippen LogP contribution in [0.1, 0.15) is 24.4 Å². The molecule has 106 valence electrons. The van der Waals surface area contributed by atoms with Gasteiger partial charge in [0.25, 0.3) is 0 Å². The van der Waals surface area contributed by atoms with Gasteiger partial charge in [-0.15, -0.1) is 10.2 Å². The van der Waals surface area contributed by atoms with Gasteiger partial charge in [0, 0.05) is 23.6 Å². The zero-order valence-corrected chi connectivity index (χ0v) is 11.8. The number of aryl methyl sites for hydroxylation is 1. The van der Waals surface area contributed by atoms with Crippen LogP contribution in [0.25, 0.3) is 11.4 Å².